The van der Waals surface area contributed by atoms with Crippen molar-refractivity contribution in [3.05, 3.63) is 36.0 Å². The summed E-state index contributed by atoms with van der Waals surface area (Å²) in [5.41, 5.74) is -0.263. The van der Waals surface area contributed by atoms with Gasteiger partial charge in [-0.2, -0.15) is 28.2 Å². The van der Waals surface area contributed by atoms with Crippen molar-refractivity contribution < 1.29 is 27.1 Å². The van der Waals surface area contributed by atoms with Crippen LogP contribution >= 0.6 is 0 Å². The second kappa shape index (κ2) is 8.23. The van der Waals surface area contributed by atoms with Gasteiger partial charge in [-0.15, -0.1) is 0 Å². The molecular weight excluding hydrogens is 485 g/mol. The number of rotatable bonds is 5. The smallest absolute Gasteiger partial charge is 0.393 e. The second-order valence-corrected chi connectivity index (χ2v) is 9.81. The first-order chi connectivity index (χ1) is 17.1. The third-order valence-corrected chi connectivity index (χ3v) is 7.15. The Morgan fingerprint density at radius 1 is 1.11 bits per heavy atom. The number of benzene rings is 1. The molecule has 2 aliphatic heterocycles. The molecule has 1 aromatic carbocycles. The van der Waals surface area contributed by atoms with Gasteiger partial charge >= 0.3 is 6.18 Å². The number of nitrogens with zero attached hydrogens (tertiary/aromatic N) is 6. The van der Waals surface area contributed by atoms with E-state index in [0.717, 1.165) is 12.1 Å². The lowest BCUT2D eigenvalue weighted by molar-refractivity contribution is -0.137. The normalized spacial score (nSPS) is 24.7. The molecule has 3 fully saturated rings. The van der Waals surface area contributed by atoms with Gasteiger partial charge in [0.1, 0.15) is 5.82 Å². The molecule has 2 N–H and O–H groups in total. The molecule has 4 heterocycles. The summed E-state index contributed by atoms with van der Waals surface area (Å²) in [6, 6.07) is 4.79. The zero-order valence-electron chi connectivity index (χ0n) is 19.1. The van der Waals surface area contributed by atoms with E-state index >= 15 is 0 Å². The molecule has 6 rings (SSSR count). The zero-order chi connectivity index (χ0) is 25.2. The quantitative estimate of drug-likeness (QED) is 0.511. The summed E-state index contributed by atoms with van der Waals surface area (Å²) in [6.07, 6.45) is -2.45. The van der Waals surface area contributed by atoms with Gasteiger partial charge in [-0.25, -0.2) is 13.5 Å². The first kappa shape index (κ1) is 23.3. The van der Waals surface area contributed by atoms with Gasteiger partial charge in [0.25, 0.3) is 5.92 Å². The van der Waals surface area contributed by atoms with Crippen LogP contribution in [0.1, 0.15) is 24.8 Å². The number of hydrogen-bond acceptors (Lipinski definition) is 7. The van der Waals surface area contributed by atoms with Crippen LogP contribution in [-0.4, -0.2) is 80.0 Å². The highest BCUT2D eigenvalue weighted by Crippen LogP contribution is 2.36. The SMILES string of the molecule is OC1CC(Nc2nc(N3CC(N4CCC(F)(F)C4)C3)c3cnn(-c4cccc(C(F)(F)F)c4)c3n2)C1. The number of hydrogen-bond donors (Lipinski definition) is 2. The van der Waals surface area contributed by atoms with E-state index in [0.29, 0.717) is 49.3 Å². The summed E-state index contributed by atoms with van der Waals surface area (Å²) < 4.78 is 68.6. The van der Waals surface area contributed by atoms with Gasteiger partial charge in [0.05, 0.1) is 35.5 Å². The molecule has 13 heteroatoms. The third kappa shape index (κ3) is 4.23. The molecule has 0 spiro atoms. The molecule has 8 nitrogen and oxygen atoms in total. The highest BCUT2D eigenvalue weighted by Gasteiger charge is 2.44. The maximum atomic E-state index is 13.7. The van der Waals surface area contributed by atoms with Gasteiger partial charge in [0, 0.05) is 38.1 Å². The highest BCUT2D eigenvalue weighted by molar-refractivity contribution is 5.89. The maximum Gasteiger partial charge on any atom is 0.416 e. The van der Waals surface area contributed by atoms with E-state index in [9.17, 15) is 27.1 Å². The van der Waals surface area contributed by atoms with E-state index in [2.05, 4.69) is 20.4 Å². The predicted molar refractivity (Wildman–Crippen MR) is 121 cm³/mol. The van der Waals surface area contributed by atoms with Crippen LogP contribution in [0.5, 0.6) is 0 Å². The number of anilines is 2. The Labute approximate surface area is 202 Å². The minimum absolute atomic E-state index is 0.0220. The molecule has 1 saturated carbocycles. The number of halogens is 5. The first-order valence-corrected chi connectivity index (χ1v) is 11.8. The van der Waals surface area contributed by atoms with Crippen LogP contribution in [0, 0.1) is 0 Å². The van der Waals surface area contributed by atoms with E-state index in [1.165, 1.54) is 23.0 Å². The number of alkyl halides is 5. The van der Waals surface area contributed by atoms with Gasteiger partial charge in [-0.3, -0.25) is 4.90 Å². The van der Waals surface area contributed by atoms with E-state index in [4.69, 9.17) is 0 Å². The summed E-state index contributed by atoms with van der Waals surface area (Å²) >= 11 is 0. The van der Waals surface area contributed by atoms with Crippen LogP contribution in [0.2, 0.25) is 0 Å². The lowest BCUT2D eigenvalue weighted by atomic mass is 9.90. The van der Waals surface area contributed by atoms with Gasteiger partial charge in [0.15, 0.2) is 5.65 Å². The summed E-state index contributed by atoms with van der Waals surface area (Å²) in [4.78, 5) is 12.9. The fourth-order valence-corrected chi connectivity index (χ4v) is 5.02. The number of aliphatic hydroxyl groups excluding tert-OH is 1. The van der Waals surface area contributed by atoms with Gasteiger partial charge < -0.3 is 15.3 Å². The lowest BCUT2D eigenvalue weighted by Gasteiger charge is -2.44. The molecule has 3 aromatic rings. The topological polar surface area (TPSA) is 82.3 Å². The summed E-state index contributed by atoms with van der Waals surface area (Å²) in [6.45, 7) is 1.08. The molecule has 0 unspecified atom stereocenters. The van der Waals surface area contributed by atoms with Crippen molar-refractivity contribution in [2.24, 2.45) is 0 Å². The van der Waals surface area contributed by atoms with E-state index in [1.54, 1.807) is 4.90 Å². The Balaban J connectivity index is 1.33. The molecule has 0 amide bonds. The highest BCUT2D eigenvalue weighted by atomic mass is 19.4. The number of nitrogens with one attached hydrogen (secondary N) is 1. The molecule has 0 radical (unpaired) electrons. The molecule has 1 aliphatic carbocycles. The molecule has 192 valence electrons. The number of likely N-dealkylation sites (tertiary alicyclic amines) is 1. The minimum atomic E-state index is -4.50. The Morgan fingerprint density at radius 3 is 2.56 bits per heavy atom. The molecule has 3 aliphatic rings. The maximum absolute atomic E-state index is 13.7. The Morgan fingerprint density at radius 2 is 1.89 bits per heavy atom. The molecule has 2 saturated heterocycles. The van der Waals surface area contributed by atoms with E-state index in [1.807, 2.05) is 4.90 Å². The number of aliphatic hydroxyl groups is 1. The summed E-state index contributed by atoms with van der Waals surface area (Å²) in [5, 5.41) is 17.7. The number of fused-ring (bicyclic) bond motifs is 1. The fraction of sp³-hybridized carbons (Fsp3) is 0.522. The lowest BCUT2D eigenvalue weighted by Crippen LogP contribution is -2.59. The predicted octanol–water partition coefficient (Wildman–Crippen LogP) is 3.30. The van der Waals surface area contributed by atoms with Crippen molar-refractivity contribution in [1.29, 1.82) is 0 Å². The van der Waals surface area contributed by atoms with Gasteiger partial charge in [-0.05, 0) is 31.0 Å². The Hall–Kier alpha value is -3.06. The van der Waals surface area contributed by atoms with E-state index < -0.39 is 23.8 Å². The molecule has 0 atom stereocenters. The van der Waals surface area contributed by atoms with Gasteiger partial charge in [0.2, 0.25) is 5.95 Å². The fourth-order valence-electron chi connectivity index (χ4n) is 5.02. The van der Waals surface area contributed by atoms with Crippen LogP contribution in [0.15, 0.2) is 30.5 Å². The number of aromatic nitrogens is 4. The Kier molecular flexibility index (Phi) is 5.34. The molecular formula is C23H24F5N7O. The second-order valence-electron chi connectivity index (χ2n) is 9.81. The van der Waals surface area contributed by atoms with Crippen LogP contribution in [0.4, 0.5) is 33.7 Å². The third-order valence-electron chi connectivity index (χ3n) is 7.15. The van der Waals surface area contributed by atoms with Crippen molar-refractivity contribution >= 4 is 22.8 Å². The van der Waals surface area contributed by atoms with Crippen LogP contribution < -0.4 is 10.2 Å². The van der Waals surface area contributed by atoms with Crippen LogP contribution in [0.25, 0.3) is 16.7 Å². The Bertz CT molecular complexity index is 1280. The average molecular weight is 509 g/mol. The molecule has 36 heavy (non-hydrogen) atoms. The largest absolute Gasteiger partial charge is 0.416 e. The summed E-state index contributed by atoms with van der Waals surface area (Å²) in [7, 11) is 0. The van der Waals surface area contributed by atoms with Crippen LogP contribution in [-0.2, 0) is 6.18 Å². The monoisotopic (exact) mass is 509 g/mol. The van der Waals surface area contributed by atoms with Crippen molar-refractivity contribution in [3.8, 4) is 5.69 Å². The van der Waals surface area contributed by atoms with Gasteiger partial charge in [-0.1, -0.05) is 6.07 Å². The standard InChI is InChI=1S/C23H24F5N7O/c24-22(25)4-5-33(12-22)16-10-34(11-16)19-18-9-29-35(15-3-1-2-13(6-15)23(26,27)28)20(18)32-21(31-19)30-14-7-17(36)8-14/h1-3,6,9,14,16-17,36H,4-5,7-8,10-12H2,(H,30,31,32). The van der Waals surface area contributed by atoms with E-state index in [-0.39, 0.29) is 36.7 Å². The van der Waals surface area contributed by atoms with Crippen molar-refractivity contribution in [3.63, 3.8) is 0 Å². The summed E-state index contributed by atoms with van der Waals surface area (Å²) in [5.74, 6) is -1.85. The molecule has 0 bridgehead atoms. The van der Waals surface area contributed by atoms with Crippen molar-refractivity contribution in [2.45, 2.75) is 49.5 Å². The van der Waals surface area contributed by atoms with Crippen molar-refractivity contribution in [2.75, 3.05) is 36.4 Å². The minimum Gasteiger partial charge on any atom is -0.393 e. The first-order valence-electron chi connectivity index (χ1n) is 11.8. The zero-order valence-corrected chi connectivity index (χ0v) is 19.1. The van der Waals surface area contributed by atoms with Crippen molar-refractivity contribution in [1.82, 2.24) is 24.6 Å². The molecule has 2 aromatic heterocycles. The van der Waals surface area contributed by atoms with Crippen LogP contribution in [0.3, 0.4) is 0 Å². The average Bonchev–Trinajstić information content (AvgIpc) is 3.34.